The number of β-amino-alcohol motifs (C(OH)–C–C–N with tert-alkyl or cyclic N) is 1. The molecule has 3 aromatic carbocycles. The molecular weight excluding hydrogens is 412 g/mol. The molecule has 33 heavy (non-hydrogen) atoms. The van der Waals surface area contributed by atoms with Crippen molar-refractivity contribution in [2.24, 2.45) is 0 Å². The van der Waals surface area contributed by atoms with Gasteiger partial charge in [-0.1, -0.05) is 73.7 Å². The number of likely N-dealkylation sites (N-methyl/N-ethyl adjacent to an activating group) is 1. The lowest BCUT2D eigenvalue weighted by Crippen LogP contribution is -2.40. The summed E-state index contributed by atoms with van der Waals surface area (Å²) >= 11 is 0. The Balaban J connectivity index is 1.39. The smallest absolute Gasteiger partial charge is 0.161 e. The van der Waals surface area contributed by atoms with Gasteiger partial charge in [0.1, 0.15) is 13.2 Å². The van der Waals surface area contributed by atoms with E-state index >= 15 is 0 Å². The van der Waals surface area contributed by atoms with E-state index in [9.17, 15) is 5.11 Å². The molecule has 0 aromatic heterocycles. The van der Waals surface area contributed by atoms with Gasteiger partial charge in [0.2, 0.25) is 0 Å². The number of likely N-dealkylation sites (tertiary alicyclic amines) is 1. The van der Waals surface area contributed by atoms with E-state index in [1.807, 2.05) is 42.5 Å². The third-order valence-corrected chi connectivity index (χ3v) is 6.11. The van der Waals surface area contributed by atoms with Crippen molar-refractivity contribution in [3.63, 3.8) is 0 Å². The first-order chi connectivity index (χ1) is 16.2. The normalized spacial score (nSPS) is 18.4. The van der Waals surface area contributed by atoms with Crippen LogP contribution in [0.15, 0.2) is 78.9 Å². The minimum atomic E-state index is -0.302. The Hall–Kier alpha value is -2.86. The van der Waals surface area contributed by atoms with Crippen molar-refractivity contribution in [2.75, 3.05) is 26.2 Å². The molecule has 5 nitrogen and oxygen atoms in total. The Morgan fingerprint density at radius 1 is 0.818 bits per heavy atom. The number of ether oxygens (including phenoxy) is 2. The van der Waals surface area contributed by atoms with Crippen LogP contribution >= 0.6 is 0 Å². The van der Waals surface area contributed by atoms with Crippen molar-refractivity contribution < 1.29 is 14.6 Å². The molecule has 3 aromatic rings. The monoisotopic (exact) mass is 446 g/mol. The maximum atomic E-state index is 10.3. The molecule has 1 aliphatic rings. The molecule has 1 aliphatic heterocycles. The van der Waals surface area contributed by atoms with Gasteiger partial charge in [0.25, 0.3) is 0 Å². The Bertz CT molecular complexity index is 981. The first kappa shape index (κ1) is 23.3. The van der Waals surface area contributed by atoms with Gasteiger partial charge in [-0.3, -0.25) is 4.90 Å². The predicted molar refractivity (Wildman–Crippen MR) is 132 cm³/mol. The number of aliphatic hydroxyl groups excluding tert-OH is 1. The SMILES string of the molecule is CCN1C[C@H](NCCc2ccc(OCc3ccccc3)c(OCc3ccccc3)c2)[C@@H](O)C1. The summed E-state index contributed by atoms with van der Waals surface area (Å²) < 4.78 is 12.3. The highest BCUT2D eigenvalue weighted by atomic mass is 16.5. The number of hydrogen-bond acceptors (Lipinski definition) is 5. The highest BCUT2D eigenvalue weighted by molar-refractivity contribution is 5.43. The third-order valence-electron chi connectivity index (χ3n) is 6.11. The molecule has 0 bridgehead atoms. The van der Waals surface area contributed by atoms with Crippen LogP contribution in [0.1, 0.15) is 23.6 Å². The highest BCUT2D eigenvalue weighted by Crippen LogP contribution is 2.30. The van der Waals surface area contributed by atoms with E-state index in [2.05, 4.69) is 53.5 Å². The Morgan fingerprint density at radius 2 is 1.45 bits per heavy atom. The second-order valence-electron chi connectivity index (χ2n) is 8.56. The molecule has 174 valence electrons. The fraction of sp³-hybridized carbons (Fsp3) is 0.357. The van der Waals surface area contributed by atoms with Crippen LogP contribution in [0.5, 0.6) is 11.5 Å². The van der Waals surface area contributed by atoms with Crippen LogP contribution in [-0.2, 0) is 19.6 Å². The van der Waals surface area contributed by atoms with Gasteiger partial charge in [0, 0.05) is 19.1 Å². The lowest BCUT2D eigenvalue weighted by Gasteiger charge is -2.17. The van der Waals surface area contributed by atoms with Crippen molar-refractivity contribution in [1.82, 2.24) is 10.2 Å². The van der Waals surface area contributed by atoms with Gasteiger partial charge >= 0.3 is 0 Å². The molecule has 0 aliphatic carbocycles. The maximum Gasteiger partial charge on any atom is 0.161 e. The minimum Gasteiger partial charge on any atom is -0.485 e. The van der Waals surface area contributed by atoms with E-state index in [0.29, 0.717) is 13.2 Å². The van der Waals surface area contributed by atoms with Crippen molar-refractivity contribution in [1.29, 1.82) is 0 Å². The van der Waals surface area contributed by atoms with Crippen LogP contribution in [0.3, 0.4) is 0 Å². The molecule has 1 heterocycles. The summed E-state index contributed by atoms with van der Waals surface area (Å²) in [4.78, 5) is 2.27. The van der Waals surface area contributed by atoms with Crippen LogP contribution < -0.4 is 14.8 Å². The molecule has 2 N–H and O–H groups in total. The first-order valence-electron chi connectivity index (χ1n) is 11.8. The number of nitrogens with zero attached hydrogens (tertiary/aromatic N) is 1. The molecule has 0 radical (unpaired) electrons. The average Bonchev–Trinajstić information content (AvgIpc) is 3.23. The van der Waals surface area contributed by atoms with E-state index in [1.165, 1.54) is 5.56 Å². The number of hydrogen-bond donors (Lipinski definition) is 2. The van der Waals surface area contributed by atoms with Crippen LogP contribution in [0.25, 0.3) is 0 Å². The lowest BCUT2D eigenvalue weighted by molar-refractivity contribution is 0.155. The Morgan fingerprint density at radius 3 is 2.06 bits per heavy atom. The molecule has 0 spiro atoms. The van der Waals surface area contributed by atoms with E-state index in [-0.39, 0.29) is 12.1 Å². The zero-order chi connectivity index (χ0) is 22.9. The Kier molecular flexibility index (Phi) is 8.36. The maximum absolute atomic E-state index is 10.3. The second-order valence-corrected chi connectivity index (χ2v) is 8.56. The zero-order valence-corrected chi connectivity index (χ0v) is 19.3. The molecule has 4 rings (SSSR count). The van der Waals surface area contributed by atoms with Crippen molar-refractivity contribution >= 4 is 0 Å². The second kappa shape index (κ2) is 11.8. The lowest BCUT2D eigenvalue weighted by atomic mass is 10.1. The molecule has 2 atom stereocenters. The molecule has 1 saturated heterocycles. The van der Waals surface area contributed by atoms with E-state index in [4.69, 9.17) is 9.47 Å². The summed E-state index contributed by atoms with van der Waals surface area (Å²) in [6.07, 6.45) is 0.555. The van der Waals surface area contributed by atoms with Crippen LogP contribution in [-0.4, -0.2) is 48.3 Å². The van der Waals surface area contributed by atoms with Gasteiger partial charge in [-0.25, -0.2) is 0 Å². The van der Waals surface area contributed by atoms with E-state index in [1.54, 1.807) is 0 Å². The van der Waals surface area contributed by atoms with Crippen molar-refractivity contribution in [3.8, 4) is 11.5 Å². The van der Waals surface area contributed by atoms with Gasteiger partial charge in [-0.2, -0.15) is 0 Å². The van der Waals surface area contributed by atoms with Crippen LogP contribution in [0.4, 0.5) is 0 Å². The van der Waals surface area contributed by atoms with Crippen molar-refractivity contribution in [3.05, 3.63) is 95.6 Å². The third kappa shape index (κ3) is 6.81. The number of aliphatic hydroxyl groups is 1. The summed E-state index contributed by atoms with van der Waals surface area (Å²) in [5.74, 6) is 1.50. The molecule has 0 saturated carbocycles. The van der Waals surface area contributed by atoms with Gasteiger partial charge in [0.05, 0.1) is 6.10 Å². The summed E-state index contributed by atoms with van der Waals surface area (Å²) in [6, 6.07) is 26.6. The summed E-state index contributed by atoms with van der Waals surface area (Å²) in [5, 5.41) is 13.8. The minimum absolute atomic E-state index is 0.132. The molecule has 1 fully saturated rings. The number of benzene rings is 3. The fourth-order valence-corrected chi connectivity index (χ4v) is 4.14. The van der Waals surface area contributed by atoms with Crippen molar-refractivity contribution in [2.45, 2.75) is 38.7 Å². The van der Waals surface area contributed by atoms with Gasteiger partial charge in [-0.05, 0) is 48.3 Å². The number of rotatable bonds is 11. The zero-order valence-electron chi connectivity index (χ0n) is 19.3. The topological polar surface area (TPSA) is 54.0 Å². The van der Waals surface area contributed by atoms with Crippen LogP contribution in [0, 0.1) is 0 Å². The molecule has 0 unspecified atom stereocenters. The standard InChI is InChI=1S/C28H34N2O3/c1-2-30-18-25(26(31)19-30)29-16-15-22-13-14-27(32-20-23-9-5-3-6-10-23)28(17-22)33-21-24-11-7-4-8-12-24/h3-14,17,25-26,29,31H,2,15-16,18-21H2,1H3/t25-,26-/m0/s1. The van der Waals surface area contributed by atoms with E-state index < -0.39 is 0 Å². The molecule has 0 amide bonds. The number of nitrogens with one attached hydrogen (secondary N) is 1. The molecule has 5 heteroatoms. The van der Waals surface area contributed by atoms with Gasteiger partial charge < -0.3 is 19.9 Å². The van der Waals surface area contributed by atoms with Crippen LogP contribution in [0.2, 0.25) is 0 Å². The molecular formula is C28H34N2O3. The highest BCUT2D eigenvalue weighted by Gasteiger charge is 2.29. The quantitative estimate of drug-likeness (QED) is 0.466. The summed E-state index contributed by atoms with van der Waals surface area (Å²) in [7, 11) is 0. The van der Waals surface area contributed by atoms with Gasteiger partial charge in [0.15, 0.2) is 11.5 Å². The van der Waals surface area contributed by atoms with E-state index in [0.717, 1.165) is 55.2 Å². The fourth-order valence-electron chi connectivity index (χ4n) is 4.14. The predicted octanol–water partition coefficient (Wildman–Crippen LogP) is 4.04. The largest absolute Gasteiger partial charge is 0.485 e. The average molecular weight is 447 g/mol. The first-order valence-corrected chi connectivity index (χ1v) is 11.8. The Labute approximate surface area is 197 Å². The summed E-state index contributed by atoms with van der Waals surface area (Å²) in [5.41, 5.74) is 3.42. The summed E-state index contributed by atoms with van der Waals surface area (Å²) in [6.45, 7) is 6.55. The van der Waals surface area contributed by atoms with Gasteiger partial charge in [-0.15, -0.1) is 0 Å².